The lowest BCUT2D eigenvalue weighted by Gasteiger charge is -2.44. The van der Waals surface area contributed by atoms with Crippen LogP contribution in [0.15, 0.2) is 95.7 Å². The van der Waals surface area contributed by atoms with Gasteiger partial charge < -0.3 is 19.9 Å². The second-order valence-corrected chi connectivity index (χ2v) is 9.63. The first kappa shape index (κ1) is 27.6. The van der Waals surface area contributed by atoms with E-state index in [2.05, 4.69) is 4.98 Å². The average Bonchev–Trinajstić information content (AvgIpc) is 3.00. The minimum atomic E-state index is -1.22. The van der Waals surface area contributed by atoms with Gasteiger partial charge in [0.05, 0.1) is 38.5 Å². The highest BCUT2D eigenvalue weighted by atomic mass is 19.1. The Bertz CT molecular complexity index is 1570. The zero-order valence-electron chi connectivity index (χ0n) is 22.7. The first-order valence-corrected chi connectivity index (χ1v) is 12.8. The van der Waals surface area contributed by atoms with Crippen LogP contribution in [0.2, 0.25) is 0 Å². The molecule has 3 aromatic rings. The van der Waals surface area contributed by atoms with Crippen LogP contribution in [0, 0.1) is 11.7 Å². The average molecular weight is 558 g/mol. The molecule has 0 bridgehead atoms. The van der Waals surface area contributed by atoms with Gasteiger partial charge in [0.25, 0.3) is 0 Å². The second-order valence-electron chi connectivity index (χ2n) is 9.63. The van der Waals surface area contributed by atoms with Gasteiger partial charge in [0.1, 0.15) is 23.3 Å². The molecule has 2 aliphatic rings. The number of ether oxygens (including phenoxy) is 3. The second kappa shape index (κ2) is 11.2. The standard InChI is InChI=1S/C31H28FN3O6/c1-39-21-11-9-17(10-12-21)22-15-23-26(28(36)25(22)30(37)40-2)24(18-6-5-13-34-16-18)27(31(38)41-3)29(33)35(23)20-8-4-7-19(32)14-20/h4-14,16,22,24-25H,15,33H2,1-3H3/t22-,24+,25-/m1/s1. The van der Waals surface area contributed by atoms with Gasteiger partial charge in [-0.05, 0) is 53.9 Å². The summed E-state index contributed by atoms with van der Waals surface area (Å²) in [5.41, 5.74) is 8.78. The normalized spacial score (nSPS) is 20.4. The van der Waals surface area contributed by atoms with Gasteiger partial charge in [-0.1, -0.05) is 24.3 Å². The van der Waals surface area contributed by atoms with Crippen LogP contribution in [-0.2, 0) is 23.9 Å². The lowest BCUT2D eigenvalue weighted by molar-refractivity contribution is -0.150. The maximum absolute atomic E-state index is 14.5. The topological polar surface area (TPSA) is 121 Å². The van der Waals surface area contributed by atoms with E-state index in [0.29, 0.717) is 28.3 Å². The molecular formula is C31H28FN3O6. The molecule has 2 heterocycles. The lowest BCUT2D eigenvalue weighted by atomic mass is 9.67. The minimum absolute atomic E-state index is 0.0205. The van der Waals surface area contributed by atoms with E-state index >= 15 is 0 Å². The number of pyridine rings is 1. The number of allylic oxidation sites excluding steroid dienone is 2. The molecule has 5 rings (SSSR count). The quantitative estimate of drug-likeness (QED) is 0.354. The van der Waals surface area contributed by atoms with Crippen molar-refractivity contribution in [3.05, 3.63) is 113 Å². The van der Waals surface area contributed by atoms with Crippen molar-refractivity contribution in [2.24, 2.45) is 11.7 Å². The summed E-state index contributed by atoms with van der Waals surface area (Å²) < 4.78 is 30.0. The number of benzene rings is 2. The smallest absolute Gasteiger partial charge is 0.338 e. The molecular weight excluding hydrogens is 529 g/mol. The maximum atomic E-state index is 14.5. The van der Waals surface area contributed by atoms with Crippen LogP contribution < -0.4 is 15.4 Å². The van der Waals surface area contributed by atoms with E-state index < -0.39 is 41.3 Å². The highest BCUT2D eigenvalue weighted by Gasteiger charge is 2.51. The first-order valence-electron chi connectivity index (χ1n) is 12.8. The Kier molecular flexibility index (Phi) is 7.56. The molecule has 10 heteroatoms. The molecule has 0 saturated carbocycles. The molecule has 2 aromatic carbocycles. The summed E-state index contributed by atoms with van der Waals surface area (Å²) in [6.07, 6.45) is 3.24. The third-order valence-corrected chi connectivity index (χ3v) is 7.53. The zero-order chi connectivity index (χ0) is 29.3. The van der Waals surface area contributed by atoms with Gasteiger partial charge in [-0.2, -0.15) is 0 Å². The van der Waals surface area contributed by atoms with E-state index in [0.717, 1.165) is 0 Å². The van der Waals surface area contributed by atoms with Crippen molar-refractivity contribution in [3.63, 3.8) is 0 Å². The first-order chi connectivity index (χ1) is 19.8. The molecule has 3 atom stereocenters. The predicted octanol–water partition coefficient (Wildman–Crippen LogP) is 3.98. The number of rotatable bonds is 6. The molecule has 0 radical (unpaired) electrons. The SMILES string of the molecule is COC(=O)C1=C(N)N(c2cccc(F)c2)C2=C(C(=O)[C@H](C(=O)OC)[C@@H](c3ccc(OC)cc3)C2)[C@@H]1c1cccnc1. The van der Waals surface area contributed by atoms with Crippen LogP contribution in [-0.4, -0.2) is 44.0 Å². The van der Waals surface area contributed by atoms with Crippen molar-refractivity contribution >= 4 is 23.4 Å². The van der Waals surface area contributed by atoms with E-state index in [1.54, 1.807) is 55.8 Å². The number of Topliss-reactive ketones (excluding diaryl/α,β-unsaturated/α-hetero) is 1. The third kappa shape index (κ3) is 4.82. The zero-order valence-corrected chi connectivity index (χ0v) is 22.7. The maximum Gasteiger partial charge on any atom is 0.338 e. The molecule has 1 aliphatic heterocycles. The highest BCUT2D eigenvalue weighted by molar-refractivity contribution is 6.14. The van der Waals surface area contributed by atoms with Gasteiger partial charge in [-0.15, -0.1) is 0 Å². The Balaban J connectivity index is 1.81. The van der Waals surface area contributed by atoms with Crippen molar-refractivity contribution in [3.8, 4) is 5.75 Å². The molecule has 2 N–H and O–H groups in total. The third-order valence-electron chi connectivity index (χ3n) is 7.53. The molecule has 0 fully saturated rings. The minimum Gasteiger partial charge on any atom is -0.497 e. The number of aromatic nitrogens is 1. The number of hydrogen-bond donors (Lipinski definition) is 1. The summed E-state index contributed by atoms with van der Waals surface area (Å²) in [4.78, 5) is 46.8. The summed E-state index contributed by atoms with van der Waals surface area (Å²) >= 11 is 0. The fourth-order valence-electron chi connectivity index (χ4n) is 5.69. The van der Waals surface area contributed by atoms with Crippen molar-refractivity contribution in [2.45, 2.75) is 18.3 Å². The number of carbonyl (C=O) groups is 3. The van der Waals surface area contributed by atoms with Crippen molar-refractivity contribution in [1.29, 1.82) is 0 Å². The van der Waals surface area contributed by atoms with Gasteiger partial charge in [0.15, 0.2) is 5.78 Å². The monoisotopic (exact) mass is 557 g/mol. The molecule has 1 aromatic heterocycles. The number of hydrogen-bond acceptors (Lipinski definition) is 9. The van der Waals surface area contributed by atoms with Gasteiger partial charge in [0, 0.05) is 29.6 Å². The fourth-order valence-corrected chi connectivity index (χ4v) is 5.69. The van der Waals surface area contributed by atoms with E-state index in [1.807, 2.05) is 0 Å². The summed E-state index contributed by atoms with van der Waals surface area (Å²) in [5.74, 6) is -4.85. The largest absolute Gasteiger partial charge is 0.497 e. The number of ketones is 1. The number of nitrogens with zero attached hydrogens (tertiary/aromatic N) is 2. The number of halogens is 1. The summed E-state index contributed by atoms with van der Waals surface area (Å²) in [6, 6.07) is 16.1. The Hall–Kier alpha value is -4.99. The number of anilines is 1. The van der Waals surface area contributed by atoms with Crippen LogP contribution in [0.4, 0.5) is 10.1 Å². The van der Waals surface area contributed by atoms with E-state index in [1.165, 1.54) is 43.5 Å². The molecule has 41 heavy (non-hydrogen) atoms. The van der Waals surface area contributed by atoms with E-state index in [9.17, 15) is 18.8 Å². The Morgan fingerprint density at radius 1 is 1.00 bits per heavy atom. The summed E-state index contributed by atoms with van der Waals surface area (Å²) in [5, 5.41) is 0. The Labute approximate surface area is 236 Å². The van der Waals surface area contributed by atoms with Gasteiger partial charge in [-0.3, -0.25) is 19.5 Å². The van der Waals surface area contributed by atoms with Crippen molar-refractivity contribution < 1.29 is 33.0 Å². The van der Waals surface area contributed by atoms with Gasteiger partial charge >= 0.3 is 11.9 Å². The van der Waals surface area contributed by atoms with Gasteiger partial charge in [0.2, 0.25) is 0 Å². The van der Waals surface area contributed by atoms with Crippen LogP contribution >= 0.6 is 0 Å². The summed E-state index contributed by atoms with van der Waals surface area (Å²) in [7, 11) is 3.97. The molecule has 0 saturated heterocycles. The molecule has 0 spiro atoms. The molecule has 9 nitrogen and oxygen atoms in total. The predicted molar refractivity (Wildman–Crippen MR) is 147 cm³/mol. The number of carbonyl (C=O) groups excluding carboxylic acids is 3. The molecule has 0 amide bonds. The van der Waals surface area contributed by atoms with Crippen molar-refractivity contribution in [2.75, 3.05) is 26.2 Å². The fraction of sp³-hybridized carbons (Fsp3) is 0.226. The van der Waals surface area contributed by atoms with Gasteiger partial charge in [-0.25, -0.2) is 9.18 Å². The highest BCUT2D eigenvalue weighted by Crippen LogP contribution is 2.51. The number of esters is 2. The Morgan fingerprint density at radius 2 is 1.76 bits per heavy atom. The van der Waals surface area contributed by atoms with E-state index in [4.69, 9.17) is 19.9 Å². The van der Waals surface area contributed by atoms with Crippen LogP contribution in [0.3, 0.4) is 0 Å². The Morgan fingerprint density at radius 3 is 2.37 bits per heavy atom. The number of nitrogens with two attached hydrogens (primary N) is 1. The van der Waals surface area contributed by atoms with Crippen LogP contribution in [0.5, 0.6) is 5.75 Å². The molecule has 0 unspecified atom stereocenters. The summed E-state index contributed by atoms with van der Waals surface area (Å²) in [6.45, 7) is 0. The molecule has 1 aliphatic carbocycles. The molecule has 210 valence electrons. The van der Waals surface area contributed by atoms with Crippen molar-refractivity contribution in [1.82, 2.24) is 4.98 Å². The number of methoxy groups -OCH3 is 3. The van der Waals surface area contributed by atoms with Crippen LogP contribution in [0.1, 0.15) is 29.4 Å². The van der Waals surface area contributed by atoms with Crippen LogP contribution in [0.25, 0.3) is 0 Å². The lowest BCUT2D eigenvalue weighted by Crippen LogP contribution is -2.46. The van der Waals surface area contributed by atoms with E-state index in [-0.39, 0.29) is 23.4 Å².